The van der Waals surface area contributed by atoms with E-state index < -0.39 is 6.10 Å². The minimum atomic E-state index is -0.838. The summed E-state index contributed by atoms with van der Waals surface area (Å²) in [6, 6.07) is 7.23. The van der Waals surface area contributed by atoms with Gasteiger partial charge in [-0.15, -0.1) is 0 Å². The summed E-state index contributed by atoms with van der Waals surface area (Å²) < 4.78 is 10.8. The van der Waals surface area contributed by atoms with Crippen LogP contribution in [0.2, 0.25) is 0 Å². The number of aliphatic hydroxyl groups is 2. The van der Waals surface area contributed by atoms with Crippen LogP contribution >= 0.6 is 0 Å². The van der Waals surface area contributed by atoms with Crippen molar-refractivity contribution in [2.75, 3.05) is 19.8 Å². The molecule has 4 nitrogen and oxygen atoms in total. The van der Waals surface area contributed by atoms with Gasteiger partial charge in [-0.25, -0.2) is 0 Å². The smallest absolute Gasteiger partial charge is 0.119 e. The van der Waals surface area contributed by atoms with Crippen LogP contribution < -0.4 is 9.47 Å². The van der Waals surface area contributed by atoms with Crippen molar-refractivity contribution in [2.45, 2.75) is 25.9 Å². The molecule has 1 aromatic carbocycles. The molecule has 0 fully saturated rings. The molecular weight excluding hydrogens is 220 g/mol. The number of unbranched alkanes of at least 4 members (excludes halogenated alkanes) is 1. The Morgan fingerprint density at radius 1 is 1.12 bits per heavy atom. The summed E-state index contributed by atoms with van der Waals surface area (Å²) in [4.78, 5) is 0. The Morgan fingerprint density at radius 2 is 1.71 bits per heavy atom. The number of aliphatic hydroxyl groups excluding tert-OH is 2. The highest BCUT2D eigenvalue weighted by Crippen LogP contribution is 2.17. The molecule has 17 heavy (non-hydrogen) atoms. The first-order chi connectivity index (χ1) is 8.26. The van der Waals surface area contributed by atoms with Gasteiger partial charge in [0.05, 0.1) is 13.2 Å². The Morgan fingerprint density at radius 3 is 2.24 bits per heavy atom. The first kappa shape index (κ1) is 13.8. The van der Waals surface area contributed by atoms with Crippen LogP contribution in [0.1, 0.15) is 19.8 Å². The molecule has 0 unspecified atom stereocenters. The predicted octanol–water partition coefficient (Wildman–Crippen LogP) is 1.60. The van der Waals surface area contributed by atoms with Crippen molar-refractivity contribution in [2.24, 2.45) is 0 Å². The van der Waals surface area contributed by atoms with E-state index in [1.54, 1.807) is 12.1 Å². The molecule has 1 aromatic rings. The molecule has 0 saturated heterocycles. The van der Waals surface area contributed by atoms with Gasteiger partial charge >= 0.3 is 0 Å². The second kappa shape index (κ2) is 7.92. The van der Waals surface area contributed by atoms with Gasteiger partial charge in [-0.05, 0) is 30.7 Å². The monoisotopic (exact) mass is 240 g/mol. The molecule has 0 aliphatic carbocycles. The van der Waals surface area contributed by atoms with Crippen molar-refractivity contribution in [1.29, 1.82) is 0 Å². The van der Waals surface area contributed by atoms with Crippen LogP contribution in [-0.4, -0.2) is 36.1 Å². The van der Waals surface area contributed by atoms with Crippen LogP contribution in [-0.2, 0) is 0 Å². The van der Waals surface area contributed by atoms with Crippen molar-refractivity contribution < 1.29 is 19.7 Å². The highest BCUT2D eigenvalue weighted by atomic mass is 16.5. The SMILES string of the molecule is CCCCOc1ccc(OC[C@@H](O)CO)cc1. The zero-order chi connectivity index (χ0) is 12.5. The van der Waals surface area contributed by atoms with E-state index in [0.29, 0.717) is 5.75 Å². The molecule has 0 aliphatic heterocycles. The fraction of sp³-hybridized carbons (Fsp3) is 0.538. The lowest BCUT2D eigenvalue weighted by Crippen LogP contribution is -2.21. The van der Waals surface area contributed by atoms with Crippen LogP contribution in [0.15, 0.2) is 24.3 Å². The molecule has 1 atom stereocenters. The van der Waals surface area contributed by atoms with Crippen molar-refractivity contribution in [3.05, 3.63) is 24.3 Å². The van der Waals surface area contributed by atoms with Gasteiger partial charge in [-0.1, -0.05) is 13.3 Å². The maximum Gasteiger partial charge on any atom is 0.119 e. The maximum atomic E-state index is 9.12. The van der Waals surface area contributed by atoms with Gasteiger partial charge in [-0.3, -0.25) is 0 Å². The van der Waals surface area contributed by atoms with Gasteiger partial charge in [-0.2, -0.15) is 0 Å². The minimum absolute atomic E-state index is 0.0898. The number of rotatable bonds is 8. The summed E-state index contributed by atoms with van der Waals surface area (Å²) >= 11 is 0. The van der Waals surface area contributed by atoms with Crippen LogP contribution in [0.5, 0.6) is 11.5 Å². The lowest BCUT2D eigenvalue weighted by Gasteiger charge is -2.10. The van der Waals surface area contributed by atoms with E-state index in [1.165, 1.54) is 0 Å². The molecule has 0 spiro atoms. The van der Waals surface area contributed by atoms with E-state index >= 15 is 0 Å². The first-order valence-corrected chi connectivity index (χ1v) is 5.90. The molecule has 0 heterocycles. The van der Waals surface area contributed by atoms with Crippen molar-refractivity contribution >= 4 is 0 Å². The molecule has 0 bridgehead atoms. The molecule has 0 aromatic heterocycles. The molecular formula is C13H20O4. The van der Waals surface area contributed by atoms with Crippen molar-refractivity contribution in [3.8, 4) is 11.5 Å². The average Bonchev–Trinajstić information content (AvgIpc) is 2.37. The highest BCUT2D eigenvalue weighted by Gasteiger charge is 2.03. The maximum absolute atomic E-state index is 9.12. The van der Waals surface area contributed by atoms with Gasteiger partial charge < -0.3 is 19.7 Å². The lowest BCUT2D eigenvalue weighted by atomic mass is 10.3. The minimum Gasteiger partial charge on any atom is -0.494 e. The molecule has 96 valence electrons. The van der Waals surface area contributed by atoms with E-state index in [1.807, 2.05) is 12.1 Å². The van der Waals surface area contributed by atoms with E-state index in [0.717, 1.165) is 25.2 Å². The zero-order valence-corrected chi connectivity index (χ0v) is 10.1. The predicted molar refractivity (Wildman–Crippen MR) is 65.4 cm³/mol. The molecule has 4 heteroatoms. The van der Waals surface area contributed by atoms with Gasteiger partial charge in [0.25, 0.3) is 0 Å². The number of hydrogen-bond donors (Lipinski definition) is 2. The molecule has 1 rings (SSSR count). The topological polar surface area (TPSA) is 58.9 Å². The van der Waals surface area contributed by atoms with Crippen LogP contribution in [0.4, 0.5) is 0 Å². The van der Waals surface area contributed by atoms with E-state index in [2.05, 4.69) is 6.92 Å². The fourth-order valence-corrected chi connectivity index (χ4v) is 1.21. The number of benzene rings is 1. The molecule has 0 amide bonds. The van der Waals surface area contributed by atoms with Gasteiger partial charge in [0.2, 0.25) is 0 Å². The van der Waals surface area contributed by atoms with Crippen molar-refractivity contribution in [1.82, 2.24) is 0 Å². The largest absolute Gasteiger partial charge is 0.494 e. The normalized spacial score (nSPS) is 12.2. The summed E-state index contributed by atoms with van der Waals surface area (Å²) in [5, 5.41) is 17.7. The standard InChI is InChI=1S/C13H20O4/c1-2-3-8-16-12-4-6-13(7-5-12)17-10-11(15)9-14/h4-7,11,14-15H,2-3,8-10H2,1H3/t11-/m0/s1. The molecule has 0 radical (unpaired) electrons. The summed E-state index contributed by atoms with van der Waals surface area (Å²) in [5.74, 6) is 1.47. The van der Waals surface area contributed by atoms with E-state index in [4.69, 9.17) is 19.7 Å². The third kappa shape index (κ3) is 5.56. The molecule has 0 aliphatic rings. The molecule has 2 N–H and O–H groups in total. The Bertz CT molecular complexity index is 297. The summed E-state index contributed by atoms with van der Waals surface area (Å²) in [6.45, 7) is 2.64. The number of hydrogen-bond acceptors (Lipinski definition) is 4. The van der Waals surface area contributed by atoms with Crippen LogP contribution in [0.25, 0.3) is 0 Å². The fourth-order valence-electron chi connectivity index (χ4n) is 1.21. The second-order valence-corrected chi connectivity index (χ2v) is 3.82. The van der Waals surface area contributed by atoms with E-state index in [-0.39, 0.29) is 13.2 Å². The molecule has 0 saturated carbocycles. The van der Waals surface area contributed by atoms with Crippen LogP contribution in [0.3, 0.4) is 0 Å². The first-order valence-electron chi connectivity index (χ1n) is 5.90. The van der Waals surface area contributed by atoms with Gasteiger partial charge in [0.15, 0.2) is 0 Å². The third-order valence-corrected chi connectivity index (χ3v) is 2.24. The Balaban J connectivity index is 2.34. The second-order valence-electron chi connectivity index (χ2n) is 3.82. The van der Waals surface area contributed by atoms with E-state index in [9.17, 15) is 0 Å². The van der Waals surface area contributed by atoms with Gasteiger partial charge in [0, 0.05) is 0 Å². The third-order valence-electron chi connectivity index (χ3n) is 2.24. The lowest BCUT2D eigenvalue weighted by molar-refractivity contribution is 0.0536. The summed E-state index contributed by atoms with van der Waals surface area (Å²) in [7, 11) is 0. The quantitative estimate of drug-likeness (QED) is 0.678. The van der Waals surface area contributed by atoms with Crippen LogP contribution in [0, 0.1) is 0 Å². The summed E-state index contributed by atoms with van der Waals surface area (Å²) in [6.07, 6.45) is 1.32. The van der Waals surface area contributed by atoms with Crippen molar-refractivity contribution in [3.63, 3.8) is 0 Å². The Labute approximate surface area is 102 Å². The Hall–Kier alpha value is -1.26. The zero-order valence-electron chi connectivity index (χ0n) is 10.1. The van der Waals surface area contributed by atoms with Gasteiger partial charge in [0.1, 0.15) is 24.2 Å². The summed E-state index contributed by atoms with van der Waals surface area (Å²) in [5.41, 5.74) is 0. The highest BCUT2D eigenvalue weighted by molar-refractivity contribution is 5.31. The Kier molecular flexibility index (Phi) is 6.43. The number of ether oxygens (including phenoxy) is 2. The average molecular weight is 240 g/mol.